The lowest BCUT2D eigenvalue weighted by Gasteiger charge is -2.17. The van der Waals surface area contributed by atoms with Crippen molar-refractivity contribution in [3.05, 3.63) is 40.1 Å². The van der Waals surface area contributed by atoms with Crippen LogP contribution < -0.4 is 5.32 Å². The summed E-state index contributed by atoms with van der Waals surface area (Å²) in [4.78, 5) is 6.89. The van der Waals surface area contributed by atoms with Crippen LogP contribution in [0.5, 0.6) is 0 Å². The van der Waals surface area contributed by atoms with Gasteiger partial charge < -0.3 is 10.3 Å². The molecule has 98 valence electrons. The maximum atomic E-state index is 12.9. The van der Waals surface area contributed by atoms with Gasteiger partial charge in [-0.1, -0.05) is 6.92 Å². The summed E-state index contributed by atoms with van der Waals surface area (Å²) in [6, 6.07) is -0.562. The molecular weight excluding hydrogens is 263 g/mol. The molecule has 0 aliphatic heterocycles. The summed E-state index contributed by atoms with van der Waals surface area (Å²) in [5.41, 5.74) is -0.390. The number of nitrogens with one attached hydrogen (secondary N) is 2. The maximum Gasteiger partial charge on any atom is 0.417 e. The fourth-order valence-corrected chi connectivity index (χ4v) is 2.64. The number of hydrogen-bond donors (Lipinski definition) is 2. The molecule has 1 unspecified atom stereocenters. The van der Waals surface area contributed by atoms with E-state index in [4.69, 9.17) is 0 Å². The zero-order valence-electron chi connectivity index (χ0n) is 9.58. The summed E-state index contributed by atoms with van der Waals surface area (Å²) in [6.45, 7) is 2.40. The molecule has 0 saturated heterocycles. The first kappa shape index (κ1) is 13.1. The molecule has 0 saturated carbocycles. The van der Waals surface area contributed by atoms with Crippen molar-refractivity contribution in [3.63, 3.8) is 0 Å². The minimum atomic E-state index is -4.34. The van der Waals surface area contributed by atoms with Crippen molar-refractivity contribution in [1.82, 2.24) is 15.3 Å². The van der Waals surface area contributed by atoms with Gasteiger partial charge in [0.2, 0.25) is 0 Å². The highest BCUT2D eigenvalue weighted by Crippen LogP contribution is 2.38. The number of halogens is 3. The van der Waals surface area contributed by atoms with Crippen LogP contribution in [-0.4, -0.2) is 16.5 Å². The van der Waals surface area contributed by atoms with Crippen LogP contribution in [0.15, 0.2) is 23.2 Å². The average molecular weight is 275 g/mol. The number of nitrogens with zero attached hydrogens (tertiary/aromatic N) is 1. The highest BCUT2D eigenvalue weighted by molar-refractivity contribution is 7.08. The van der Waals surface area contributed by atoms with Gasteiger partial charge in [-0.2, -0.15) is 24.5 Å². The summed E-state index contributed by atoms with van der Waals surface area (Å²) in [6.07, 6.45) is -1.21. The Morgan fingerprint density at radius 2 is 2.22 bits per heavy atom. The van der Waals surface area contributed by atoms with Gasteiger partial charge in [0.15, 0.2) is 0 Å². The SMILES string of the molecule is CCNC(c1ncc[nH]1)c1cscc1C(F)(F)F. The van der Waals surface area contributed by atoms with Crippen LogP contribution in [-0.2, 0) is 6.18 Å². The van der Waals surface area contributed by atoms with Crippen molar-refractivity contribution in [2.24, 2.45) is 0 Å². The molecular formula is C11H12F3N3S. The second-order valence-electron chi connectivity index (χ2n) is 3.70. The van der Waals surface area contributed by atoms with Crippen molar-refractivity contribution >= 4 is 11.3 Å². The number of rotatable bonds is 4. The fraction of sp³-hybridized carbons (Fsp3) is 0.364. The van der Waals surface area contributed by atoms with Crippen molar-refractivity contribution < 1.29 is 13.2 Å². The molecule has 0 spiro atoms. The van der Waals surface area contributed by atoms with Gasteiger partial charge in [-0.25, -0.2) is 4.98 Å². The lowest BCUT2D eigenvalue weighted by molar-refractivity contribution is -0.138. The van der Waals surface area contributed by atoms with Gasteiger partial charge in [-0.3, -0.25) is 0 Å². The molecule has 2 heterocycles. The summed E-state index contributed by atoms with van der Waals surface area (Å²) < 4.78 is 38.6. The van der Waals surface area contributed by atoms with E-state index in [1.807, 2.05) is 6.92 Å². The van der Waals surface area contributed by atoms with Gasteiger partial charge in [-0.15, -0.1) is 0 Å². The van der Waals surface area contributed by atoms with E-state index in [1.165, 1.54) is 11.6 Å². The van der Waals surface area contributed by atoms with Crippen LogP contribution in [0.2, 0.25) is 0 Å². The van der Waals surface area contributed by atoms with Crippen molar-refractivity contribution in [2.75, 3.05) is 6.54 Å². The van der Waals surface area contributed by atoms with E-state index < -0.39 is 17.8 Å². The predicted molar refractivity (Wildman–Crippen MR) is 63.4 cm³/mol. The Kier molecular flexibility index (Phi) is 3.72. The molecule has 3 nitrogen and oxygen atoms in total. The first-order chi connectivity index (χ1) is 8.54. The summed E-state index contributed by atoms with van der Waals surface area (Å²) in [5.74, 6) is 0.487. The van der Waals surface area contributed by atoms with Crippen LogP contribution in [0.4, 0.5) is 13.2 Å². The third-order valence-electron chi connectivity index (χ3n) is 2.51. The number of thiophene rings is 1. The molecule has 0 radical (unpaired) electrons. The Morgan fingerprint density at radius 3 is 2.78 bits per heavy atom. The maximum absolute atomic E-state index is 12.9. The Bertz CT molecular complexity index is 490. The average Bonchev–Trinajstić information content (AvgIpc) is 2.96. The molecule has 0 fully saturated rings. The third-order valence-corrected chi connectivity index (χ3v) is 3.27. The van der Waals surface area contributed by atoms with Gasteiger partial charge in [0.1, 0.15) is 5.82 Å². The van der Waals surface area contributed by atoms with E-state index in [2.05, 4.69) is 15.3 Å². The Labute approximate surface area is 106 Å². The summed E-state index contributed by atoms with van der Waals surface area (Å²) in [5, 5.41) is 5.65. The largest absolute Gasteiger partial charge is 0.417 e. The lowest BCUT2D eigenvalue weighted by atomic mass is 10.0. The normalized spacial score (nSPS) is 13.8. The van der Waals surface area contributed by atoms with E-state index in [0.717, 1.165) is 16.7 Å². The zero-order valence-corrected chi connectivity index (χ0v) is 10.4. The minimum Gasteiger partial charge on any atom is -0.347 e. The number of imidazole rings is 1. The number of aromatic amines is 1. The zero-order chi connectivity index (χ0) is 13.2. The molecule has 2 rings (SSSR count). The molecule has 0 aliphatic carbocycles. The Morgan fingerprint density at radius 1 is 1.44 bits per heavy atom. The first-order valence-electron chi connectivity index (χ1n) is 5.40. The van der Waals surface area contributed by atoms with Gasteiger partial charge in [-0.05, 0) is 17.5 Å². The molecule has 7 heteroatoms. The predicted octanol–water partition coefficient (Wildman–Crippen LogP) is 3.19. The van der Waals surface area contributed by atoms with E-state index in [9.17, 15) is 13.2 Å². The van der Waals surface area contributed by atoms with Gasteiger partial charge >= 0.3 is 6.18 Å². The quantitative estimate of drug-likeness (QED) is 0.899. The smallest absolute Gasteiger partial charge is 0.347 e. The highest BCUT2D eigenvalue weighted by Gasteiger charge is 2.36. The number of aromatic nitrogens is 2. The number of alkyl halides is 3. The monoisotopic (exact) mass is 275 g/mol. The van der Waals surface area contributed by atoms with E-state index in [1.54, 1.807) is 6.20 Å². The van der Waals surface area contributed by atoms with Crippen LogP contribution >= 0.6 is 11.3 Å². The van der Waals surface area contributed by atoms with E-state index in [-0.39, 0.29) is 5.56 Å². The molecule has 0 amide bonds. The molecule has 0 aliphatic rings. The molecule has 2 aromatic rings. The van der Waals surface area contributed by atoms with E-state index >= 15 is 0 Å². The topological polar surface area (TPSA) is 40.7 Å². The molecule has 1 atom stereocenters. The Hall–Kier alpha value is -1.34. The molecule has 2 N–H and O–H groups in total. The van der Waals surface area contributed by atoms with Gasteiger partial charge in [0.05, 0.1) is 11.6 Å². The second kappa shape index (κ2) is 5.11. The Balaban J connectivity index is 2.41. The van der Waals surface area contributed by atoms with Crippen LogP contribution in [0.1, 0.15) is 29.9 Å². The number of hydrogen-bond acceptors (Lipinski definition) is 3. The highest BCUT2D eigenvalue weighted by atomic mass is 32.1. The molecule has 18 heavy (non-hydrogen) atoms. The van der Waals surface area contributed by atoms with Crippen molar-refractivity contribution in [2.45, 2.75) is 19.1 Å². The van der Waals surface area contributed by atoms with Gasteiger partial charge in [0.25, 0.3) is 0 Å². The fourth-order valence-electron chi connectivity index (χ4n) is 1.75. The van der Waals surface area contributed by atoms with Crippen molar-refractivity contribution in [1.29, 1.82) is 0 Å². The lowest BCUT2D eigenvalue weighted by Crippen LogP contribution is -2.25. The van der Waals surface area contributed by atoms with Gasteiger partial charge in [0, 0.05) is 17.8 Å². The van der Waals surface area contributed by atoms with Crippen LogP contribution in [0.25, 0.3) is 0 Å². The van der Waals surface area contributed by atoms with Crippen LogP contribution in [0.3, 0.4) is 0 Å². The molecule has 2 aromatic heterocycles. The standard InChI is InChI=1S/C11H12F3N3S/c1-2-15-9(10-16-3-4-17-10)7-5-18-6-8(7)11(12,13)14/h3-6,9,15H,2H2,1H3,(H,16,17). The van der Waals surface area contributed by atoms with E-state index in [0.29, 0.717) is 12.4 Å². The minimum absolute atomic E-state index is 0.212. The van der Waals surface area contributed by atoms with Crippen LogP contribution in [0, 0.1) is 0 Å². The van der Waals surface area contributed by atoms with Crippen molar-refractivity contribution in [3.8, 4) is 0 Å². The molecule has 0 bridgehead atoms. The first-order valence-corrected chi connectivity index (χ1v) is 6.34. The third kappa shape index (κ3) is 2.56. The number of H-pyrrole nitrogens is 1. The summed E-state index contributed by atoms with van der Waals surface area (Å²) in [7, 11) is 0. The summed E-state index contributed by atoms with van der Waals surface area (Å²) >= 11 is 1.04. The molecule has 0 aromatic carbocycles. The second-order valence-corrected chi connectivity index (χ2v) is 4.45.